The molecule has 1 aromatic carbocycles. The normalized spacial score (nSPS) is 11.0. The van der Waals surface area contributed by atoms with Gasteiger partial charge < -0.3 is 15.1 Å². The zero-order valence-electron chi connectivity index (χ0n) is 13.0. The molecule has 5 heteroatoms. The van der Waals surface area contributed by atoms with Crippen molar-refractivity contribution in [1.82, 2.24) is 5.32 Å². The Morgan fingerprint density at radius 2 is 1.77 bits per heavy atom. The number of hydrogen-bond acceptors (Lipinski definition) is 3. The molecule has 2 amide bonds. The summed E-state index contributed by atoms with van der Waals surface area (Å²) in [6, 6.07) is 10.9. The highest BCUT2D eigenvalue weighted by Crippen LogP contribution is 2.19. The van der Waals surface area contributed by atoms with Gasteiger partial charge in [-0.3, -0.25) is 9.59 Å². The Kier molecular flexibility index (Phi) is 4.65. The van der Waals surface area contributed by atoms with Crippen molar-refractivity contribution < 1.29 is 14.0 Å². The third-order valence-electron chi connectivity index (χ3n) is 3.45. The van der Waals surface area contributed by atoms with Gasteiger partial charge in [0.2, 0.25) is 11.8 Å². The summed E-state index contributed by atoms with van der Waals surface area (Å²) in [6.07, 6.45) is 1.54. The van der Waals surface area contributed by atoms with Crippen LogP contribution in [-0.4, -0.2) is 11.8 Å². The molecule has 0 atom stereocenters. The maximum atomic E-state index is 12.3. The molecule has 0 saturated heterocycles. The van der Waals surface area contributed by atoms with Crippen molar-refractivity contribution in [3.05, 3.63) is 54.0 Å². The fourth-order valence-corrected chi connectivity index (χ4v) is 1.83. The number of amides is 2. The number of rotatable bonds is 5. The predicted molar refractivity (Wildman–Crippen MR) is 84.1 cm³/mol. The zero-order chi connectivity index (χ0) is 16.2. The lowest BCUT2D eigenvalue weighted by Gasteiger charge is -2.22. The molecule has 0 bridgehead atoms. The van der Waals surface area contributed by atoms with Gasteiger partial charge in [-0.15, -0.1) is 0 Å². The minimum absolute atomic E-state index is 0.257. The summed E-state index contributed by atoms with van der Waals surface area (Å²) in [5.74, 6) is -0.0649. The Morgan fingerprint density at radius 3 is 2.36 bits per heavy atom. The molecule has 5 nitrogen and oxygen atoms in total. The average Bonchev–Trinajstić information content (AvgIpc) is 3.00. The fourth-order valence-electron chi connectivity index (χ4n) is 1.83. The van der Waals surface area contributed by atoms with Gasteiger partial charge in [0.15, 0.2) is 0 Å². The van der Waals surface area contributed by atoms with E-state index in [-0.39, 0.29) is 18.4 Å². The van der Waals surface area contributed by atoms with E-state index in [9.17, 15) is 9.59 Å². The fraction of sp³-hybridized carbons (Fsp3) is 0.294. The molecule has 0 aliphatic carbocycles. The van der Waals surface area contributed by atoms with Crippen LogP contribution in [0.1, 0.15) is 25.2 Å². The van der Waals surface area contributed by atoms with Crippen molar-refractivity contribution in [2.24, 2.45) is 5.41 Å². The van der Waals surface area contributed by atoms with Crippen LogP contribution in [0.2, 0.25) is 0 Å². The molecule has 0 fully saturated rings. The van der Waals surface area contributed by atoms with E-state index in [2.05, 4.69) is 10.6 Å². The lowest BCUT2D eigenvalue weighted by atomic mass is 9.91. The minimum atomic E-state index is -1.18. The van der Waals surface area contributed by atoms with Gasteiger partial charge in [-0.2, -0.15) is 0 Å². The van der Waals surface area contributed by atoms with Crippen LogP contribution < -0.4 is 10.6 Å². The molecule has 0 aliphatic rings. The van der Waals surface area contributed by atoms with Crippen LogP contribution in [0, 0.1) is 12.3 Å². The van der Waals surface area contributed by atoms with Crippen molar-refractivity contribution in [2.75, 3.05) is 5.32 Å². The van der Waals surface area contributed by atoms with Gasteiger partial charge >= 0.3 is 0 Å². The van der Waals surface area contributed by atoms with Crippen LogP contribution in [-0.2, 0) is 16.1 Å². The molecular formula is C17H20N2O3. The highest BCUT2D eigenvalue weighted by Gasteiger charge is 2.36. The topological polar surface area (TPSA) is 71.3 Å². The lowest BCUT2D eigenvalue weighted by Crippen LogP contribution is -2.44. The zero-order valence-corrected chi connectivity index (χ0v) is 13.0. The van der Waals surface area contributed by atoms with Crippen LogP contribution in [0.4, 0.5) is 5.69 Å². The molecule has 0 spiro atoms. The highest BCUT2D eigenvalue weighted by atomic mass is 16.3. The Bertz CT molecular complexity index is 643. The maximum absolute atomic E-state index is 12.3. The molecule has 0 unspecified atom stereocenters. The molecule has 0 radical (unpaired) electrons. The average molecular weight is 300 g/mol. The standard InChI is InChI=1S/C17H20N2O3/c1-12-6-8-13(9-7-12)19-16(21)17(2,3)15(20)18-11-14-5-4-10-22-14/h4-10H,11H2,1-3H3,(H,18,20)(H,19,21). The summed E-state index contributed by atoms with van der Waals surface area (Å²) < 4.78 is 5.15. The van der Waals surface area contributed by atoms with Crippen molar-refractivity contribution in [1.29, 1.82) is 0 Å². The summed E-state index contributed by atoms with van der Waals surface area (Å²) in [6.45, 7) is 5.41. The van der Waals surface area contributed by atoms with Gasteiger partial charge in [-0.25, -0.2) is 0 Å². The molecule has 2 aromatic rings. The van der Waals surface area contributed by atoms with Crippen LogP contribution >= 0.6 is 0 Å². The molecule has 1 aromatic heterocycles. The SMILES string of the molecule is Cc1ccc(NC(=O)C(C)(C)C(=O)NCc2ccco2)cc1. The second-order valence-corrected chi connectivity index (χ2v) is 5.71. The van der Waals surface area contributed by atoms with E-state index in [4.69, 9.17) is 4.42 Å². The van der Waals surface area contributed by atoms with E-state index >= 15 is 0 Å². The molecule has 22 heavy (non-hydrogen) atoms. The summed E-state index contributed by atoms with van der Waals surface area (Å²) in [7, 11) is 0. The molecular weight excluding hydrogens is 280 g/mol. The summed E-state index contributed by atoms with van der Waals surface area (Å²) in [4.78, 5) is 24.6. The number of aryl methyl sites for hydroxylation is 1. The number of benzene rings is 1. The van der Waals surface area contributed by atoms with Crippen molar-refractivity contribution in [2.45, 2.75) is 27.3 Å². The van der Waals surface area contributed by atoms with Gasteiger partial charge in [0.05, 0.1) is 12.8 Å². The number of nitrogens with one attached hydrogen (secondary N) is 2. The molecule has 1 heterocycles. The first-order valence-electron chi connectivity index (χ1n) is 7.08. The third kappa shape index (κ3) is 3.75. The van der Waals surface area contributed by atoms with Crippen LogP contribution in [0.3, 0.4) is 0 Å². The Morgan fingerprint density at radius 1 is 1.09 bits per heavy atom. The molecule has 116 valence electrons. The van der Waals surface area contributed by atoms with Crippen LogP contribution in [0.15, 0.2) is 47.1 Å². The number of furan rings is 1. The van der Waals surface area contributed by atoms with Crippen molar-refractivity contribution >= 4 is 17.5 Å². The van der Waals surface area contributed by atoms with E-state index in [0.717, 1.165) is 5.56 Å². The number of carbonyl (C=O) groups is 2. The largest absolute Gasteiger partial charge is 0.467 e. The van der Waals surface area contributed by atoms with Crippen LogP contribution in [0.25, 0.3) is 0 Å². The van der Waals surface area contributed by atoms with E-state index in [1.165, 1.54) is 6.26 Å². The quantitative estimate of drug-likeness (QED) is 0.834. The van der Waals surface area contributed by atoms with E-state index in [0.29, 0.717) is 11.4 Å². The van der Waals surface area contributed by atoms with Gasteiger partial charge in [0.1, 0.15) is 11.2 Å². The second-order valence-electron chi connectivity index (χ2n) is 5.71. The summed E-state index contributed by atoms with van der Waals surface area (Å²) >= 11 is 0. The second kappa shape index (κ2) is 6.47. The third-order valence-corrected chi connectivity index (χ3v) is 3.45. The predicted octanol–water partition coefficient (Wildman–Crippen LogP) is 2.87. The Balaban J connectivity index is 1.96. The van der Waals surface area contributed by atoms with Crippen molar-refractivity contribution in [3.63, 3.8) is 0 Å². The van der Waals surface area contributed by atoms with Crippen molar-refractivity contribution in [3.8, 4) is 0 Å². The summed E-state index contributed by atoms with van der Waals surface area (Å²) in [5.41, 5.74) is 0.591. The molecule has 2 rings (SSSR count). The van der Waals surface area contributed by atoms with Gasteiger partial charge in [0, 0.05) is 5.69 Å². The minimum Gasteiger partial charge on any atom is -0.467 e. The molecule has 0 saturated carbocycles. The van der Waals surface area contributed by atoms with Crippen LogP contribution in [0.5, 0.6) is 0 Å². The number of anilines is 1. The number of carbonyl (C=O) groups excluding carboxylic acids is 2. The highest BCUT2D eigenvalue weighted by molar-refractivity contribution is 6.09. The number of hydrogen-bond donors (Lipinski definition) is 2. The molecule has 2 N–H and O–H groups in total. The van der Waals surface area contributed by atoms with Gasteiger partial charge in [-0.1, -0.05) is 17.7 Å². The lowest BCUT2D eigenvalue weighted by molar-refractivity contribution is -0.138. The first-order chi connectivity index (χ1) is 10.4. The Labute approximate surface area is 129 Å². The van der Waals surface area contributed by atoms with E-state index in [1.807, 2.05) is 31.2 Å². The Hall–Kier alpha value is -2.56. The van der Waals surface area contributed by atoms with E-state index in [1.54, 1.807) is 26.0 Å². The monoisotopic (exact) mass is 300 g/mol. The smallest absolute Gasteiger partial charge is 0.239 e. The van der Waals surface area contributed by atoms with Gasteiger partial charge in [0.25, 0.3) is 0 Å². The van der Waals surface area contributed by atoms with Gasteiger partial charge in [-0.05, 0) is 45.0 Å². The first kappa shape index (κ1) is 15.8. The first-order valence-corrected chi connectivity index (χ1v) is 7.08. The summed E-state index contributed by atoms with van der Waals surface area (Å²) in [5, 5.41) is 5.47. The maximum Gasteiger partial charge on any atom is 0.239 e. The van der Waals surface area contributed by atoms with E-state index < -0.39 is 5.41 Å². The molecule has 0 aliphatic heterocycles.